The standard InChI is InChI=1S/C36H41FN2O5/c1-6-36(20-32(40)38-27-14-15-28(34(41)42)31(18-27)44-5)19-29(25-9-7-8-21(2)16-25)33(26-11-10-22(3)30(37)17-26)39(35(36)43)23(4)24-12-13-24/h7-11,14-18,23-24,29,33H,6,12-13,19-20H2,1-5H3,(H,38,40)(H,41,42)/t23-,29-,33?,36-/m1/s1. The summed E-state index contributed by atoms with van der Waals surface area (Å²) in [5.41, 5.74) is 2.85. The van der Waals surface area contributed by atoms with E-state index in [1.54, 1.807) is 19.1 Å². The third-order valence-corrected chi connectivity index (χ3v) is 9.62. The number of aryl methyl sites for hydroxylation is 2. The topological polar surface area (TPSA) is 95.9 Å². The second-order valence-corrected chi connectivity index (χ2v) is 12.5. The first-order valence-electron chi connectivity index (χ1n) is 15.3. The Morgan fingerprint density at radius 1 is 1.09 bits per heavy atom. The number of amides is 2. The van der Waals surface area contributed by atoms with Crippen molar-refractivity contribution in [3.63, 3.8) is 0 Å². The lowest BCUT2D eigenvalue weighted by molar-refractivity contribution is -0.158. The number of hydrogen-bond acceptors (Lipinski definition) is 4. The van der Waals surface area contributed by atoms with Crippen molar-refractivity contribution in [2.75, 3.05) is 12.4 Å². The van der Waals surface area contributed by atoms with E-state index in [1.165, 1.54) is 25.3 Å². The number of likely N-dealkylation sites (tertiary alicyclic amines) is 1. The summed E-state index contributed by atoms with van der Waals surface area (Å²) in [6, 6.07) is 17.5. The van der Waals surface area contributed by atoms with Crippen LogP contribution < -0.4 is 10.1 Å². The van der Waals surface area contributed by atoms with E-state index in [0.717, 1.165) is 29.5 Å². The van der Waals surface area contributed by atoms with E-state index < -0.39 is 11.4 Å². The van der Waals surface area contributed by atoms with Crippen LogP contribution in [0.2, 0.25) is 0 Å². The number of methoxy groups -OCH3 is 1. The van der Waals surface area contributed by atoms with Crippen LogP contribution in [0.1, 0.15) is 90.5 Å². The Labute approximate surface area is 258 Å². The van der Waals surface area contributed by atoms with Crippen LogP contribution in [0.25, 0.3) is 0 Å². The number of rotatable bonds is 10. The Bertz CT molecular complexity index is 1580. The van der Waals surface area contributed by atoms with E-state index in [1.807, 2.05) is 36.9 Å². The molecule has 2 amide bonds. The number of anilines is 1. The number of carbonyl (C=O) groups excluding carboxylic acids is 2. The monoisotopic (exact) mass is 600 g/mol. The lowest BCUT2D eigenvalue weighted by Crippen LogP contribution is -2.57. The molecule has 1 aliphatic carbocycles. The van der Waals surface area contributed by atoms with Gasteiger partial charge in [0.25, 0.3) is 0 Å². The maximum absolute atomic E-state index is 15.0. The summed E-state index contributed by atoms with van der Waals surface area (Å²) in [5, 5.41) is 12.3. The summed E-state index contributed by atoms with van der Waals surface area (Å²) in [6.45, 7) is 7.81. The van der Waals surface area contributed by atoms with Crippen LogP contribution in [0.15, 0.2) is 60.7 Å². The van der Waals surface area contributed by atoms with Gasteiger partial charge in [-0.1, -0.05) is 48.9 Å². The molecule has 1 unspecified atom stereocenters. The SMILES string of the molecule is CC[C@]1(CC(=O)Nc2ccc(C(=O)O)c(OC)c2)C[C@H](c2cccc(C)c2)C(c2ccc(C)c(F)c2)N([C@H](C)C2CC2)C1=O. The van der Waals surface area contributed by atoms with Gasteiger partial charge in [0.05, 0.1) is 18.6 Å². The number of ether oxygens (including phenoxy) is 1. The van der Waals surface area contributed by atoms with Crippen LogP contribution in [0, 0.1) is 31.0 Å². The van der Waals surface area contributed by atoms with E-state index in [2.05, 4.69) is 24.4 Å². The Kier molecular flexibility index (Phi) is 8.82. The van der Waals surface area contributed by atoms with Crippen molar-refractivity contribution in [3.8, 4) is 5.75 Å². The number of piperidine rings is 1. The molecule has 0 radical (unpaired) electrons. The van der Waals surface area contributed by atoms with Gasteiger partial charge in [0.2, 0.25) is 11.8 Å². The maximum atomic E-state index is 15.0. The largest absolute Gasteiger partial charge is 0.496 e. The first-order valence-corrected chi connectivity index (χ1v) is 15.3. The van der Waals surface area contributed by atoms with E-state index in [9.17, 15) is 19.5 Å². The van der Waals surface area contributed by atoms with E-state index in [4.69, 9.17) is 4.74 Å². The second-order valence-electron chi connectivity index (χ2n) is 12.5. The third kappa shape index (κ3) is 6.07. The van der Waals surface area contributed by atoms with Gasteiger partial charge in [0.1, 0.15) is 17.1 Å². The average molecular weight is 601 g/mol. The van der Waals surface area contributed by atoms with Gasteiger partial charge < -0.3 is 20.1 Å². The molecule has 1 saturated carbocycles. The fourth-order valence-corrected chi connectivity index (χ4v) is 6.87. The first kappa shape index (κ1) is 31.2. The van der Waals surface area contributed by atoms with Crippen LogP contribution in [-0.4, -0.2) is 40.9 Å². The molecular formula is C36H41FN2O5. The molecule has 4 atom stereocenters. The summed E-state index contributed by atoms with van der Waals surface area (Å²) in [5.74, 6) is -1.53. The van der Waals surface area contributed by atoms with E-state index >= 15 is 4.39 Å². The van der Waals surface area contributed by atoms with Crippen molar-refractivity contribution in [2.24, 2.45) is 11.3 Å². The molecule has 0 aromatic heterocycles. The highest BCUT2D eigenvalue weighted by Gasteiger charge is 2.54. The molecule has 3 aromatic rings. The quantitative estimate of drug-likeness (QED) is 0.252. The average Bonchev–Trinajstić information content (AvgIpc) is 3.84. The smallest absolute Gasteiger partial charge is 0.339 e. The zero-order chi connectivity index (χ0) is 31.8. The maximum Gasteiger partial charge on any atom is 0.339 e. The van der Waals surface area contributed by atoms with E-state index in [0.29, 0.717) is 30.0 Å². The lowest BCUT2D eigenvalue weighted by atomic mass is 9.64. The van der Waals surface area contributed by atoms with Crippen LogP contribution in [0.3, 0.4) is 0 Å². The van der Waals surface area contributed by atoms with Gasteiger partial charge in [0.15, 0.2) is 0 Å². The van der Waals surface area contributed by atoms with Crippen molar-refractivity contribution >= 4 is 23.5 Å². The number of nitrogens with one attached hydrogen (secondary N) is 1. The van der Waals surface area contributed by atoms with Crippen molar-refractivity contribution in [2.45, 2.75) is 77.8 Å². The van der Waals surface area contributed by atoms with Gasteiger partial charge in [-0.2, -0.15) is 0 Å². The molecule has 7 nitrogen and oxygen atoms in total. The minimum absolute atomic E-state index is 0.0118. The van der Waals surface area contributed by atoms with Gasteiger partial charge in [-0.15, -0.1) is 0 Å². The Morgan fingerprint density at radius 2 is 1.84 bits per heavy atom. The summed E-state index contributed by atoms with van der Waals surface area (Å²) < 4.78 is 20.3. The van der Waals surface area contributed by atoms with Crippen molar-refractivity contribution in [3.05, 3.63) is 94.3 Å². The predicted molar refractivity (Wildman–Crippen MR) is 167 cm³/mol. The molecule has 232 valence electrons. The van der Waals surface area contributed by atoms with Gasteiger partial charge in [-0.25, -0.2) is 9.18 Å². The summed E-state index contributed by atoms with van der Waals surface area (Å²) in [4.78, 5) is 42.0. The number of aromatic carboxylic acids is 1. The molecule has 3 aromatic carbocycles. The van der Waals surface area contributed by atoms with Gasteiger partial charge in [-0.05, 0) is 87.3 Å². The van der Waals surface area contributed by atoms with E-state index in [-0.39, 0.29) is 53.4 Å². The molecule has 2 aliphatic rings. The Balaban J connectivity index is 1.56. The molecule has 1 heterocycles. The molecule has 8 heteroatoms. The van der Waals surface area contributed by atoms with Crippen LogP contribution in [0.5, 0.6) is 5.75 Å². The van der Waals surface area contributed by atoms with Crippen molar-refractivity contribution < 1.29 is 28.6 Å². The van der Waals surface area contributed by atoms with Crippen LogP contribution >= 0.6 is 0 Å². The number of carboxylic acids is 1. The third-order valence-electron chi connectivity index (χ3n) is 9.62. The predicted octanol–water partition coefficient (Wildman–Crippen LogP) is 7.43. The minimum Gasteiger partial charge on any atom is -0.496 e. The molecule has 5 rings (SSSR count). The van der Waals surface area contributed by atoms with Gasteiger partial charge in [0, 0.05) is 30.1 Å². The zero-order valence-electron chi connectivity index (χ0n) is 26.0. The number of benzene rings is 3. The molecule has 1 aliphatic heterocycles. The molecule has 1 saturated heterocycles. The van der Waals surface area contributed by atoms with Crippen LogP contribution in [-0.2, 0) is 9.59 Å². The van der Waals surface area contributed by atoms with Gasteiger partial charge in [-0.3, -0.25) is 9.59 Å². The summed E-state index contributed by atoms with van der Waals surface area (Å²) >= 11 is 0. The summed E-state index contributed by atoms with van der Waals surface area (Å²) in [6.07, 6.45) is 2.89. The van der Waals surface area contributed by atoms with Crippen molar-refractivity contribution in [1.29, 1.82) is 0 Å². The molecule has 44 heavy (non-hydrogen) atoms. The molecule has 0 bridgehead atoms. The minimum atomic E-state index is -1.13. The highest BCUT2D eigenvalue weighted by atomic mass is 19.1. The normalized spacial score (nSPS) is 22.4. The molecule has 0 spiro atoms. The second kappa shape index (κ2) is 12.4. The summed E-state index contributed by atoms with van der Waals surface area (Å²) in [7, 11) is 1.37. The number of halogens is 1. The fraction of sp³-hybridized carbons (Fsp3) is 0.417. The zero-order valence-corrected chi connectivity index (χ0v) is 26.0. The fourth-order valence-electron chi connectivity index (χ4n) is 6.87. The molecule has 2 N–H and O–H groups in total. The molecular weight excluding hydrogens is 559 g/mol. The lowest BCUT2D eigenvalue weighted by Gasteiger charge is -2.52. The highest BCUT2D eigenvalue weighted by Crippen LogP contribution is 2.55. The number of hydrogen-bond donors (Lipinski definition) is 2. The number of carboxylic acid groups (broad SMARTS) is 1. The number of nitrogens with zero attached hydrogens (tertiary/aromatic N) is 1. The van der Waals surface area contributed by atoms with Crippen LogP contribution in [0.4, 0.5) is 10.1 Å². The Morgan fingerprint density at radius 3 is 2.45 bits per heavy atom. The molecule has 2 fully saturated rings. The first-order chi connectivity index (χ1) is 21.0. The van der Waals surface area contributed by atoms with Crippen molar-refractivity contribution in [1.82, 2.24) is 4.90 Å². The highest BCUT2D eigenvalue weighted by molar-refractivity contribution is 5.97. The number of carbonyl (C=O) groups is 3. The Hall–Kier alpha value is -4.20. The van der Waals surface area contributed by atoms with Gasteiger partial charge >= 0.3 is 5.97 Å².